The second-order valence-electron chi connectivity index (χ2n) is 5.93. The lowest BCUT2D eigenvalue weighted by molar-refractivity contribution is -0.385. The van der Waals surface area contributed by atoms with Crippen LogP contribution in [0.2, 0.25) is 0 Å². The Bertz CT molecular complexity index is 897. The summed E-state index contributed by atoms with van der Waals surface area (Å²) in [6.07, 6.45) is -0.918. The number of nitro benzene ring substituents is 1. The minimum Gasteiger partial charge on any atom is -0.485 e. The van der Waals surface area contributed by atoms with Gasteiger partial charge in [0.05, 0.1) is 11.5 Å². The molecule has 0 unspecified atom stereocenters. The first-order valence-corrected chi connectivity index (χ1v) is 8.17. The molecule has 0 amide bonds. The largest absolute Gasteiger partial charge is 0.485 e. The van der Waals surface area contributed by atoms with Crippen molar-refractivity contribution >= 4 is 11.7 Å². The molecular weight excluding hydrogens is 358 g/mol. The van der Waals surface area contributed by atoms with Gasteiger partial charge in [0.2, 0.25) is 6.10 Å². The van der Waals surface area contributed by atoms with Crippen LogP contribution in [0, 0.1) is 10.1 Å². The minimum absolute atomic E-state index is 0.0211. The lowest BCUT2D eigenvalue weighted by Gasteiger charge is -2.25. The molecule has 2 heterocycles. The van der Waals surface area contributed by atoms with Crippen molar-refractivity contribution < 1.29 is 33.4 Å². The molecule has 0 N–H and O–H groups in total. The monoisotopic (exact) mass is 373 g/mol. The molecule has 0 saturated carbocycles. The topological polar surface area (TPSA) is 106 Å². The van der Waals surface area contributed by atoms with Crippen LogP contribution < -0.4 is 14.2 Å². The fraction of sp³-hybridized carbons (Fsp3) is 0.278. The number of para-hydroxylation sites is 2. The van der Waals surface area contributed by atoms with Gasteiger partial charge in [-0.15, -0.1) is 0 Å². The highest BCUT2D eigenvalue weighted by molar-refractivity contribution is 5.76. The molecule has 2 aliphatic heterocycles. The van der Waals surface area contributed by atoms with E-state index in [1.54, 1.807) is 24.3 Å². The van der Waals surface area contributed by atoms with Gasteiger partial charge in [0.1, 0.15) is 19.0 Å². The second kappa shape index (κ2) is 7.12. The Kier molecular flexibility index (Phi) is 4.51. The summed E-state index contributed by atoms with van der Waals surface area (Å²) >= 11 is 0. The van der Waals surface area contributed by atoms with Gasteiger partial charge < -0.3 is 23.7 Å². The molecule has 2 aliphatic rings. The fourth-order valence-electron chi connectivity index (χ4n) is 2.87. The van der Waals surface area contributed by atoms with Gasteiger partial charge in [-0.3, -0.25) is 10.1 Å². The summed E-state index contributed by atoms with van der Waals surface area (Å²) < 4.78 is 27.0. The van der Waals surface area contributed by atoms with E-state index in [9.17, 15) is 14.9 Å². The Morgan fingerprint density at radius 2 is 2.04 bits per heavy atom. The zero-order chi connectivity index (χ0) is 18.8. The Morgan fingerprint density at radius 1 is 1.22 bits per heavy atom. The number of fused-ring (bicyclic) bond motifs is 2. The van der Waals surface area contributed by atoms with E-state index in [1.165, 1.54) is 12.1 Å². The van der Waals surface area contributed by atoms with E-state index in [-0.39, 0.29) is 32.3 Å². The summed E-state index contributed by atoms with van der Waals surface area (Å²) in [5.74, 6) is 0.823. The summed E-state index contributed by atoms with van der Waals surface area (Å²) in [6, 6.07) is 9.71. The van der Waals surface area contributed by atoms with Crippen molar-refractivity contribution in [3.8, 4) is 17.2 Å². The Hall–Kier alpha value is -3.33. The average Bonchev–Trinajstić information content (AvgIpc) is 2.71. The van der Waals surface area contributed by atoms with Crippen LogP contribution in [0.3, 0.4) is 0 Å². The third kappa shape index (κ3) is 3.49. The van der Waals surface area contributed by atoms with Crippen LogP contribution in [-0.2, 0) is 27.5 Å². The van der Waals surface area contributed by atoms with Crippen molar-refractivity contribution in [1.82, 2.24) is 0 Å². The van der Waals surface area contributed by atoms with Gasteiger partial charge >= 0.3 is 5.97 Å². The van der Waals surface area contributed by atoms with Crippen LogP contribution in [0.4, 0.5) is 5.69 Å². The van der Waals surface area contributed by atoms with Crippen molar-refractivity contribution in [2.75, 3.05) is 13.4 Å². The number of nitro groups is 1. The van der Waals surface area contributed by atoms with Crippen molar-refractivity contribution in [3.63, 3.8) is 0 Å². The Balaban J connectivity index is 1.48. The van der Waals surface area contributed by atoms with Gasteiger partial charge in [0.15, 0.2) is 18.3 Å². The number of carbonyl (C=O) groups excluding carboxylic acids is 1. The summed E-state index contributed by atoms with van der Waals surface area (Å²) in [4.78, 5) is 22.9. The average molecular weight is 373 g/mol. The number of hydrogen-bond donors (Lipinski definition) is 0. The first kappa shape index (κ1) is 17.1. The summed E-state index contributed by atoms with van der Waals surface area (Å²) in [6.45, 7) is 0.0496. The van der Waals surface area contributed by atoms with Crippen LogP contribution in [0.5, 0.6) is 17.2 Å². The number of hydrogen-bond acceptors (Lipinski definition) is 8. The molecule has 9 nitrogen and oxygen atoms in total. The van der Waals surface area contributed by atoms with Crippen LogP contribution in [0.1, 0.15) is 11.1 Å². The van der Waals surface area contributed by atoms with Crippen molar-refractivity contribution in [2.45, 2.75) is 19.3 Å². The van der Waals surface area contributed by atoms with E-state index < -0.39 is 17.0 Å². The molecule has 0 aromatic heterocycles. The van der Waals surface area contributed by atoms with Gasteiger partial charge in [-0.2, -0.15) is 0 Å². The zero-order valence-corrected chi connectivity index (χ0v) is 14.1. The highest BCUT2D eigenvalue weighted by Gasteiger charge is 2.29. The van der Waals surface area contributed by atoms with E-state index in [4.69, 9.17) is 23.7 Å². The van der Waals surface area contributed by atoms with E-state index in [2.05, 4.69) is 0 Å². The predicted molar refractivity (Wildman–Crippen MR) is 89.5 cm³/mol. The molecule has 2 aromatic rings. The molecule has 2 aromatic carbocycles. The standard InChI is InChI=1S/C18H15NO8/c20-18(16-9-24-14-3-1-2-4-15(14)27-16)25-8-12-6-13(19(21)22)5-11-7-23-10-26-17(11)12/h1-6,16H,7-10H2/t16-/m0/s1. The number of non-ortho nitro benzene ring substituents is 1. The zero-order valence-electron chi connectivity index (χ0n) is 14.1. The van der Waals surface area contributed by atoms with Crippen molar-refractivity contribution in [3.05, 3.63) is 57.6 Å². The molecule has 27 heavy (non-hydrogen) atoms. The maximum Gasteiger partial charge on any atom is 0.351 e. The highest BCUT2D eigenvalue weighted by Crippen LogP contribution is 2.34. The fourth-order valence-corrected chi connectivity index (χ4v) is 2.87. The lowest BCUT2D eigenvalue weighted by atomic mass is 10.1. The molecule has 0 fully saturated rings. The first-order chi connectivity index (χ1) is 13.1. The smallest absolute Gasteiger partial charge is 0.351 e. The van der Waals surface area contributed by atoms with Gasteiger partial charge in [0.25, 0.3) is 5.69 Å². The van der Waals surface area contributed by atoms with E-state index >= 15 is 0 Å². The van der Waals surface area contributed by atoms with Crippen molar-refractivity contribution in [1.29, 1.82) is 0 Å². The van der Waals surface area contributed by atoms with Gasteiger partial charge in [-0.05, 0) is 12.1 Å². The second-order valence-corrected chi connectivity index (χ2v) is 5.93. The highest BCUT2D eigenvalue weighted by atomic mass is 16.7. The van der Waals surface area contributed by atoms with Crippen LogP contribution in [0.25, 0.3) is 0 Å². The Labute approximate surface area is 153 Å². The Morgan fingerprint density at radius 3 is 2.85 bits per heavy atom. The third-order valence-corrected chi connectivity index (χ3v) is 4.12. The lowest BCUT2D eigenvalue weighted by Crippen LogP contribution is -2.37. The number of esters is 1. The molecule has 0 spiro atoms. The molecule has 9 heteroatoms. The van der Waals surface area contributed by atoms with Crippen molar-refractivity contribution in [2.24, 2.45) is 0 Å². The number of ether oxygens (including phenoxy) is 5. The van der Waals surface area contributed by atoms with Gasteiger partial charge in [-0.1, -0.05) is 12.1 Å². The van der Waals surface area contributed by atoms with Gasteiger partial charge in [-0.25, -0.2) is 4.79 Å². The first-order valence-electron chi connectivity index (χ1n) is 8.17. The summed E-state index contributed by atoms with van der Waals surface area (Å²) in [5, 5.41) is 11.1. The SMILES string of the molecule is O=C(OCc1cc([N+](=O)[O-])cc2c1OCOC2)[C@@H]1COc2ccccc2O1. The van der Waals surface area contributed by atoms with E-state index in [0.29, 0.717) is 28.4 Å². The number of nitrogens with zero attached hydrogens (tertiary/aromatic N) is 1. The summed E-state index contributed by atoms with van der Waals surface area (Å²) in [7, 11) is 0. The molecular formula is C18H15NO8. The normalized spacial score (nSPS) is 17.4. The molecule has 0 bridgehead atoms. The quantitative estimate of drug-likeness (QED) is 0.457. The van der Waals surface area contributed by atoms with Crippen LogP contribution in [-0.4, -0.2) is 30.4 Å². The molecule has 140 valence electrons. The summed E-state index contributed by atoms with van der Waals surface area (Å²) in [5.41, 5.74) is 0.806. The van der Waals surface area contributed by atoms with Gasteiger partial charge in [0, 0.05) is 23.3 Å². The molecule has 4 rings (SSSR count). The maximum absolute atomic E-state index is 12.3. The molecule has 0 radical (unpaired) electrons. The predicted octanol–water partition coefficient (Wildman–Crippen LogP) is 2.34. The maximum atomic E-state index is 12.3. The number of carbonyl (C=O) groups is 1. The molecule has 0 aliphatic carbocycles. The van der Waals surface area contributed by atoms with E-state index in [0.717, 1.165) is 0 Å². The molecule has 1 atom stereocenters. The molecule has 0 saturated heterocycles. The van der Waals surface area contributed by atoms with Crippen LogP contribution >= 0.6 is 0 Å². The minimum atomic E-state index is -0.918. The van der Waals surface area contributed by atoms with Crippen LogP contribution in [0.15, 0.2) is 36.4 Å². The third-order valence-electron chi connectivity index (χ3n) is 4.12. The number of benzene rings is 2. The van der Waals surface area contributed by atoms with E-state index in [1.807, 2.05) is 0 Å². The number of rotatable bonds is 4.